The maximum Gasteiger partial charge on any atom is 0.345 e. The molecule has 2 rings (SSSR count). The number of benzene rings is 2. The van der Waals surface area contributed by atoms with Gasteiger partial charge in [0.2, 0.25) is 0 Å². The average molecular weight is 344 g/mol. The van der Waals surface area contributed by atoms with Gasteiger partial charge in [-0.1, -0.05) is 12.1 Å². The molecule has 0 bridgehead atoms. The smallest absolute Gasteiger partial charge is 0.345 e. The maximum absolute atomic E-state index is 12.1. The van der Waals surface area contributed by atoms with Gasteiger partial charge in [-0.2, -0.15) is 0 Å². The molecule has 0 fully saturated rings. The number of anilines is 1. The molecule has 1 N–H and O–H groups in total. The van der Waals surface area contributed by atoms with Crippen molar-refractivity contribution in [2.24, 2.45) is 0 Å². The molecular formula is C17H16N2O6. The van der Waals surface area contributed by atoms with Crippen LogP contribution in [0.2, 0.25) is 0 Å². The number of carbonyl (C=O) groups excluding carboxylic acids is 2. The normalized spacial score (nSPS) is 11.3. The largest absolute Gasteiger partial charge is 0.497 e. The number of carbonyl (C=O) groups is 2. The highest BCUT2D eigenvalue weighted by Gasteiger charge is 2.24. The van der Waals surface area contributed by atoms with Crippen LogP contribution in [-0.4, -0.2) is 30.0 Å². The summed E-state index contributed by atoms with van der Waals surface area (Å²) in [5, 5.41) is 13.5. The van der Waals surface area contributed by atoms with Crippen molar-refractivity contribution < 1.29 is 24.0 Å². The Morgan fingerprint density at radius 2 is 1.76 bits per heavy atom. The highest BCUT2D eigenvalue weighted by molar-refractivity contribution is 5.98. The van der Waals surface area contributed by atoms with Crippen LogP contribution in [-0.2, 0) is 9.53 Å². The summed E-state index contributed by atoms with van der Waals surface area (Å²) < 4.78 is 10.0. The van der Waals surface area contributed by atoms with Gasteiger partial charge in [0.1, 0.15) is 11.3 Å². The Labute approximate surface area is 143 Å². The molecule has 0 aliphatic heterocycles. The van der Waals surface area contributed by atoms with Gasteiger partial charge in [-0.05, 0) is 37.3 Å². The van der Waals surface area contributed by atoms with Crippen molar-refractivity contribution in [3.05, 3.63) is 64.2 Å². The lowest BCUT2D eigenvalue weighted by molar-refractivity contribution is -0.385. The van der Waals surface area contributed by atoms with Crippen LogP contribution in [0.5, 0.6) is 5.75 Å². The van der Waals surface area contributed by atoms with E-state index in [2.05, 4.69) is 5.32 Å². The molecule has 0 aliphatic rings. The molecule has 0 saturated heterocycles. The Morgan fingerprint density at radius 3 is 2.36 bits per heavy atom. The van der Waals surface area contributed by atoms with E-state index >= 15 is 0 Å². The molecule has 0 spiro atoms. The lowest BCUT2D eigenvalue weighted by Gasteiger charge is -2.13. The number of nitro benzene ring substituents is 1. The minimum Gasteiger partial charge on any atom is -0.497 e. The van der Waals surface area contributed by atoms with Crippen LogP contribution in [0.3, 0.4) is 0 Å². The predicted molar refractivity (Wildman–Crippen MR) is 89.6 cm³/mol. The van der Waals surface area contributed by atoms with Crippen LogP contribution in [0.15, 0.2) is 48.5 Å². The van der Waals surface area contributed by atoms with E-state index in [1.165, 1.54) is 38.3 Å². The molecule has 0 aromatic heterocycles. The Kier molecular flexibility index (Phi) is 5.67. The summed E-state index contributed by atoms with van der Waals surface area (Å²) in [6.07, 6.45) is -1.13. The molecule has 0 unspecified atom stereocenters. The second-order valence-electron chi connectivity index (χ2n) is 5.04. The topological polar surface area (TPSA) is 108 Å². The Morgan fingerprint density at radius 1 is 1.12 bits per heavy atom. The summed E-state index contributed by atoms with van der Waals surface area (Å²) in [4.78, 5) is 34.5. The van der Waals surface area contributed by atoms with Gasteiger partial charge in [-0.15, -0.1) is 0 Å². The summed E-state index contributed by atoms with van der Waals surface area (Å²) in [7, 11) is 1.53. The molecule has 1 amide bonds. The Hall–Kier alpha value is -3.42. The van der Waals surface area contributed by atoms with Crippen molar-refractivity contribution in [3.8, 4) is 5.75 Å². The van der Waals surface area contributed by atoms with Crippen molar-refractivity contribution >= 4 is 23.3 Å². The molecule has 0 saturated carbocycles. The molecular weight excluding hydrogens is 328 g/mol. The molecule has 0 aliphatic carbocycles. The monoisotopic (exact) mass is 344 g/mol. The van der Waals surface area contributed by atoms with Gasteiger partial charge in [0.05, 0.1) is 12.0 Å². The first-order chi connectivity index (χ1) is 11.9. The second kappa shape index (κ2) is 7.91. The third-order valence-corrected chi connectivity index (χ3v) is 3.33. The van der Waals surface area contributed by atoms with Crippen LogP contribution < -0.4 is 10.1 Å². The Balaban J connectivity index is 2.03. The maximum atomic E-state index is 12.1. The third-order valence-electron chi connectivity index (χ3n) is 3.33. The van der Waals surface area contributed by atoms with E-state index in [0.29, 0.717) is 11.4 Å². The van der Waals surface area contributed by atoms with E-state index in [1.54, 1.807) is 24.3 Å². The third kappa shape index (κ3) is 4.54. The zero-order chi connectivity index (χ0) is 18.4. The lowest BCUT2D eigenvalue weighted by Crippen LogP contribution is -2.30. The van der Waals surface area contributed by atoms with Gasteiger partial charge in [-0.3, -0.25) is 14.9 Å². The quantitative estimate of drug-likeness (QED) is 0.490. The summed E-state index contributed by atoms with van der Waals surface area (Å²) in [6, 6.07) is 12.0. The number of rotatable bonds is 6. The molecule has 0 heterocycles. The van der Waals surface area contributed by atoms with E-state index in [-0.39, 0.29) is 11.3 Å². The zero-order valence-electron chi connectivity index (χ0n) is 13.6. The fraction of sp³-hybridized carbons (Fsp3) is 0.176. The minimum atomic E-state index is -1.13. The van der Waals surface area contributed by atoms with Crippen molar-refractivity contribution in [2.45, 2.75) is 13.0 Å². The zero-order valence-corrected chi connectivity index (χ0v) is 13.6. The number of nitrogens with one attached hydrogen (secondary N) is 1. The SMILES string of the molecule is COc1ccc(NC(=O)[C@@H](C)OC(=O)c2ccccc2[N+](=O)[O-])cc1. The minimum absolute atomic E-state index is 0.211. The lowest BCUT2D eigenvalue weighted by atomic mass is 10.2. The van der Waals surface area contributed by atoms with Crippen LogP contribution in [0.25, 0.3) is 0 Å². The summed E-state index contributed by atoms with van der Waals surface area (Å²) in [5.74, 6) is -0.865. The van der Waals surface area contributed by atoms with Crippen molar-refractivity contribution in [3.63, 3.8) is 0 Å². The van der Waals surface area contributed by atoms with E-state index in [9.17, 15) is 19.7 Å². The van der Waals surface area contributed by atoms with Gasteiger partial charge < -0.3 is 14.8 Å². The fourth-order valence-electron chi connectivity index (χ4n) is 2.00. The van der Waals surface area contributed by atoms with Gasteiger partial charge in [0.25, 0.3) is 11.6 Å². The molecule has 25 heavy (non-hydrogen) atoms. The Bertz CT molecular complexity index is 788. The number of hydrogen-bond acceptors (Lipinski definition) is 6. The summed E-state index contributed by atoms with van der Waals surface area (Å²) in [5.41, 5.74) is -0.0914. The molecule has 8 nitrogen and oxygen atoms in total. The van der Waals surface area contributed by atoms with Crippen molar-refractivity contribution in [2.75, 3.05) is 12.4 Å². The number of nitro groups is 1. The van der Waals surface area contributed by atoms with Crippen LogP contribution in [0, 0.1) is 10.1 Å². The first-order valence-electron chi connectivity index (χ1n) is 7.31. The molecule has 2 aromatic rings. The number of nitrogens with zero attached hydrogens (tertiary/aromatic N) is 1. The number of ether oxygens (including phenoxy) is 2. The van der Waals surface area contributed by atoms with E-state index < -0.39 is 22.9 Å². The number of esters is 1. The number of amides is 1. The van der Waals surface area contributed by atoms with Crippen molar-refractivity contribution in [1.82, 2.24) is 0 Å². The van der Waals surface area contributed by atoms with E-state index in [0.717, 1.165) is 0 Å². The molecule has 130 valence electrons. The van der Waals surface area contributed by atoms with Crippen LogP contribution in [0.1, 0.15) is 17.3 Å². The summed E-state index contributed by atoms with van der Waals surface area (Å²) in [6.45, 7) is 1.38. The average Bonchev–Trinajstić information content (AvgIpc) is 2.62. The highest BCUT2D eigenvalue weighted by atomic mass is 16.6. The van der Waals surface area contributed by atoms with Crippen LogP contribution in [0.4, 0.5) is 11.4 Å². The second-order valence-corrected chi connectivity index (χ2v) is 5.04. The molecule has 1 atom stereocenters. The molecule has 0 radical (unpaired) electrons. The van der Waals surface area contributed by atoms with Crippen molar-refractivity contribution in [1.29, 1.82) is 0 Å². The van der Waals surface area contributed by atoms with E-state index in [4.69, 9.17) is 9.47 Å². The fourth-order valence-corrected chi connectivity index (χ4v) is 2.00. The number of methoxy groups -OCH3 is 1. The van der Waals surface area contributed by atoms with Gasteiger partial charge in [0, 0.05) is 11.8 Å². The molecule has 2 aromatic carbocycles. The van der Waals surface area contributed by atoms with Gasteiger partial charge in [0.15, 0.2) is 6.10 Å². The standard InChI is InChI=1S/C17H16N2O6/c1-11(16(20)18-12-7-9-13(24-2)10-8-12)25-17(21)14-5-3-4-6-15(14)19(22)23/h3-11H,1-2H3,(H,18,20)/t11-/m1/s1. The molecule has 8 heteroatoms. The first-order valence-corrected chi connectivity index (χ1v) is 7.31. The van der Waals surface area contributed by atoms with Gasteiger partial charge in [-0.25, -0.2) is 4.79 Å². The number of hydrogen-bond donors (Lipinski definition) is 1. The number of para-hydroxylation sites is 1. The highest BCUT2D eigenvalue weighted by Crippen LogP contribution is 2.20. The first kappa shape index (κ1) is 17.9. The van der Waals surface area contributed by atoms with Gasteiger partial charge >= 0.3 is 5.97 Å². The van der Waals surface area contributed by atoms with E-state index in [1.807, 2.05) is 0 Å². The predicted octanol–water partition coefficient (Wildman–Crippen LogP) is 2.79. The summed E-state index contributed by atoms with van der Waals surface area (Å²) >= 11 is 0. The van der Waals surface area contributed by atoms with Crippen LogP contribution >= 0.6 is 0 Å².